The van der Waals surface area contributed by atoms with Gasteiger partial charge in [-0.25, -0.2) is 4.79 Å². The fraction of sp³-hybridized carbons (Fsp3) is 0.118. The van der Waals surface area contributed by atoms with Crippen LogP contribution in [-0.2, 0) is 11.3 Å². The standard InChI is InChI=1S/C17H17BrN2O2/c18-15-11-13(8-9-16(15)19)7-4-10-20-17(21)22-12-14-5-2-1-3-6-14/h1-9,11H,10,12,19H2,(H,20,21). The highest BCUT2D eigenvalue weighted by atomic mass is 79.9. The Bertz CT molecular complexity index is 657. The van der Waals surface area contributed by atoms with Gasteiger partial charge in [0.05, 0.1) is 0 Å². The van der Waals surface area contributed by atoms with Crippen LogP contribution in [-0.4, -0.2) is 12.6 Å². The second-order valence-corrected chi connectivity index (χ2v) is 5.48. The summed E-state index contributed by atoms with van der Waals surface area (Å²) in [5.74, 6) is 0. The molecule has 114 valence electrons. The number of carbonyl (C=O) groups excluding carboxylic acids is 1. The van der Waals surface area contributed by atoms with Crippen LogP contribution < -0.4 is 11.1 Å². The van der Waals surface area contributed by atoms with Crippen LogP contribution in [0.15, 0.2) is 59.1 Å². The predicted molar refractivity (Wildman–Crippen MR) is 92.2 cm³/mol. The number of hydrogen-bond acceptors (Lipinski definition) is 3. The highest BCUT2D eigenvalue weighted by molar-refractivity contribution is 9.10. The van der Waals surface area contributed by atoms with Gasteiger partial charge in [-0.3, -0.25) is 0 Å². The van der Waals surface area contributed by atoms with Gasteiger partial charge >= 0.3 is 6.09 Å². The largest absolute Gasteiger partial charge is 0.445 e. The summed E-state index contributed by atoms with van der Waals surface area (Å²) in [7, 11) is 0. The van der Waals surface area contributed by atoms with Gasteiger partial charge in [-0.1, -0.05) is 48.6 Å². The zero-order valence-corrected chi connectivity index (χ0v) is 13.5. The first-order valence-corrected chi connectivity index (χ1v) is 7.60. The first-order valence-electron chi connectivity index (χ1n) is 6.81. The molecule has 0 fully saturated rings. The number of nitrogens with one attached hydrogen (secondary N) is 1. The maximum atomic E-state index is 11.5. The molecule has 1 amide bonds. The molecule has 0 aromatic heterocycles. The van der Waals surface area contributed by atoms with E-state index in [1.807, 2.05) is 60.7 Å². The lowest BCUT2D eigenvalue weighted by Crippen LogP contribution is -2.24. The Morgan fingerprint density at radius 1 is 1.23 bits per heavy atom. The van der Waals surface area contributed by atoms with Crippen molar-refractivity contribution in [1.29, 1.82) is 0 Å². The van der Waals surface area contributed by atoms with Gasteiger partial charge in [0, 0.05) is 16.7 Å². The average molecular weight is 361 g/mol. The Labute approximate surface area is 138 Å². The molecule has 0 heterocycles. The van der Waals surface area contributed by atoms with Gasteiger partial charge in [0.1, 0.15) is 6.61 Å². The van der Waals surface area contributed by atoms with Crippen LogP contribution in [0, 0.1) is 0 Å². The Morgan fingerprint density at radius 3 is 2.73 bits per heavy atom. The van der Waals surface area contributed by atoms with Gasteiger partial charge in [-0.05, 0) is 39.2 Å². The zero-order chi connectivity index (χ0) is 15.8. The summed E-state index contributed by atoms with van der Waals surface area (Å²) in [4.78, 5) is 11.5. The molecule has 3 N–H and O–H groups in total. The highest BCUT2D eigenvalue weighted by Gasteiger charge is 2.00. The van der Waals surface area contributed by atoms with Gasteiger partial charge in [0.2, 0.25) is 0 Å². The van der Waals surface area contributed by atoms with E-state index in [9.17, 15) is 4.79 Å². The van der Waals surface area contributed by atoms with Crippen LogP contribution in [0.3, 0.4) is 0 Å². The Hall–Kier alpha value is -2.27. The van der Waals surface area contributed by atoms with E-state index in [4.69, 9.17) is 10.5 Å². The fourth-order valence-electron chi connectivity index (χ4n) is 1.76. The Morgan fingerprint density at radius 2 is 2.00 bits per heavy atom. The van der Waals surface area contributed by atoms with Crippen molar-refractivity contribution in [3.63, 3.8) is 0 Å². The number of nitrogen functional groups attached to an aromatic ring is 1. The summed E-state index contributed by atoms with van der Waals surface area (Å²) in [6, 6.07) is 15.2. The SMILES string of the molecule is Nc1ccc(C=CCNC(=O)OCc2ccccc2)cc1Br. The highest BCUT2D eigenvalue weighted by Crippen LogP contribution is 2.20. The number of halogens is 1. The van der Waals surface area contributed by atoms with E-state index in [2.05, 4.69) is 21.2 Å². The van der Waals surface area contributed by atoms with Gasteiger partial charge in [0.15, 0.2) is 0 Å². The van der Waals surface area contributed by atoms with Crippen molar-refractivity contribution in [1.82, 2.24) is 5.32 Å². The second kappa shape index (κ2) is 8.24. The number of anilines is 1. The summed E-state index contributed by atoms with van der Waals surface area (Å²) in [6.07, 6.45) is 3.32. The molecule has 0 aliphatic rings. The molecule has 2 aromatic carbocycles. The predicted octanol–water partition coefficient (Wildman–Crippen LogP) is 3.97. The summed E-state index contributed by atoms with van der Waals surface area (Å²) in [5, 5.41) is 2.66. The molecule has 4 nitrogen and oxygen atoms in total. The minimum Gasteiger partial charge on any atom is -0.445 e. The van der Waals surface area contributed by atoms with E-state index in [0.717, 1.165) is 15.6 Å². The zero-order valence-electron chi connectivity index (χ0n) is 12.0. The summed E-state index contributed by atoms with van der Waals surface area (Å²) in [6.45, 7) is 0.664. The molecule has 0 saturated heterocycles. The van der Waals surface area contributed by atoms with Crippen molar-refractivity contribution in [3.8, 4) is 0 Å². The smallest absolute Gasteiger partial charge is 0.407 e. The van der Waals surface area contributed by atoms with E-state index in [-0.39, 0.29) is 6.61 Å². The van der Waals surface area contributed by atoms with Gasteiger partial charge in [-0.2, -0.15) is 0 Å². The van der Waals surface area contributed by atoms with Gasteiger partial charge in [0.25, 0.3) is 0 Å². The van der Waals surface area contributed by atoms with Crippen LogP contribution in [0.25, 0.3) is 6.08 Å². The lowest BCUT2D eigenvalue weighted by atomic mass is 10.2. The topological polar surface area (TPSA) is 64.3 Å². The molecular weight excluding hydrogens is 344 g/mol. The van der Waals surface area contributed by atoms with E-state index in [1.165, 1.54) is 0 Å². The maximum absolute atomic E-state index is 11.5. The summed E-state index contributed by atoms with van der Waals surface area (Å²) in [5.41, 5.74) is 8.37. The van der Waals surface area contributed by atoms with Crippen LogP contribution in [0.4, 0.5) is 10.5 Å². The molecule has 22 heavy (non-hydrogen) atoms. The molecule has 2 rings (SSSR count). The van der Waals surface area contributed by atoms with Crippen molar-refractivity contribution in [2.24, 2.45) is 0 Å². The number of amides is 1. The van der Waals surface area contributed by atoms with Crippen LogP contribution in [0.2, 0.25) is 0 Å². The fourth-order valence-corrected chi connectivity index (χ4v) is 2.15. The summed E-state index contributed by atoms with van der Waals surface area (Å²) < 4.78 is 5.96. The Balaban J connectivity index is 1.72. The first-order chi connectivity index (χ1) is 10.6. The number of hydrogen-bond donors (Lipinski definition) is 2. The van der Waals surface area contributed by atoms with Crippen LogP contribution in [0.5, 0.6) is 0 Å². The minimum atomic E-state index is -0.438. The lowest BCUT2D eigenvalue weighted by molar-refractivity contribution is 0.141. The molecule has 5 heteroatoms. The maximum Gasteiger partial charge on any atom is 0.407 e. The molecule has 0 radical (unpaired) electrons. The van der Waals surface area contributed by atoms with Crippen molar-refractivity contribution >= 4 is 33.8 Å². The number of alkyl carbamates (subject to hydrolysis) is 1. The summed E-state index contributed by atoms with van der Waals surface area (Å²) >= 11 is 3.37. The number of rotatable bonds is 5. The van der Waals surface area contributed by atoms with Crippen molar-refractivity contribution in [2.45, 2.75) is 6.61 Å². The first kappa shape index (κ1) is 16.1. The van der Waals surface area contributed by atoms with Crippen LogP contribution in [0.1, 0.15) is 11.1 Å². The third-order valence-corrected chi connectivity index (χ3v) is 3.60. The molecule has 0 unspecified atom stereocenters. The molecule has 0 bridgehead atoms. The normalized spacial score (nSPS) is 10.6. The van der Waals surface area contributed by atoms with Crippen molar-refractivity contribution in [3.05, 3.63) is 70.2 Å². The molecule has 0 spiro atoms. The minimum absolute atomic E-state index is 0.265. The monoisotopic (exact) mass is 360 g/mol. The number of benzene rings is 2. The number of ether oxygens (including phenoxy) is 1. The van der Waals surface area contributed by atoms with Gasteiger partial charge < -0.3 is 15.8 Å². The molecule has 0 aliphatic carbocycles. The Kier molecular flexibility index (Phi) is 6.03. The van der Waals surface area contributed by atoms with E-state index in [0.29, 0.717) is 12.2 Å². The lowest BCUT2D eigenvalue weighted by Gasteiger charge is -2.05. The molecule has 2 aromatic rings. The number of nitrogens with two attached hydrogens (primary N) is 1. The third-order valence-electron chi connectivity index (χ3n) is 2.91. The van der Waals surface area contributed by atoms with E-state index < -0.39 is 6.09 Å². The molecule has 0 atom stereocenters. The van der Waals surface area contributed by atoms with E-state index >= 15 is 0 Å². The quantitative estimate of drug-likeness (QED) is 0.792. The van der Waals surface area contributed by atoms with Crippen molar-refractivity contribution < 1.29 is 9.53 Å². The van der Waals surface area contributed by atoms with Crippen LogP contribution >= 0.6 is 15.9 Å². The van der Waals surface area contributed by atoms with Crippen molar-refractivity contribution in [2.75, 3.05) is 12.3 Å². The second-order valence-electron chi connectivity index (χ2n) is 4.63. The van der Waals surface area contributed by atoms with E-state index in [1.54, 1.807) is 0 Å². The number of carbonyl (C=O) groups is 1. The molecule has 0 saturated carbocycles. The molecule has 0 aliphatic heterocycles. The van der Waals surface area contributed by atoms with Gasteiger partial charge in [-0.15, -0.1) is 0 Å². The average Bonchev–Trinajstić information content (AvgIpc) is 2.54. The third kappa shape index (κ3) is 5.26. The molecular formula is C17H17BrN2O2.